The number of rotatable bonds is 5. The fourth-order valence-corrected chi connectivity index (χ4v) is 2.57. The molecule has 22 heavy (non-hydrogen) atoms. The van der Waals surface area contributed by atoms with Gasteiger partial charge in [0.15, 0.2) is 11.5 Å². The number of hydrogen-bond donors (Lipinski definition) is 1. The molecule has 7 nitrogen and oxygen atoms in total. The van der Waals surface area contributed by atoms with E-state index in [1.807, 2.05) is 0 Å². The summed E-state index contributed by atoms with van der Waals surface area (Å²) in [6, 6.07) is 5.13. The van der Waals surface area contributed by atoms with Crippen LogP contribution in [-0.2, 0) is 14.3 Å². The number of hydrogen-bond acceptors (Lipinski definition) is 5. The van der Waals surface area contributed by atoms with Crippen LogP contribution in [0.25, 0.3) is 0 Å². The summed E-state index contributed by atoms with van der Waals surface area (Å²) in [5.74, 6) is 0.00737. The van der Waals surface area contributed by atoms with Gasteiger partial charge < -0.3 is 24.2 Å². The largest absolute Gasteiger partial charge is 0.481 e. The molecule has 2 heterocycles. The number of aliphatic carboxylic acids is 1. The van der Waals surface area contributed by atoms with Gasteiger partial charge in [-0.05, 0) is 25.0 Å². The van der Waals surface area contributed by atoms with Crippen LogP contribution >= 0.6 is 0 Å². The summed E-state index contributed by atoms with van der Waals surface area (Å²) in [5.41, 5.74) is 0.589. The van der Waals surface area contributed by atoms with Crippen LogP contribution in [-0.4, -0.2) is 43.0 Å². The van der Waals surface area contributed by atoms with Gasteiger partial charge in [0.05, 0.1) is 6.42 Å². The molecule has 1 fully saturated rings. The molecule has 1 amide bonds. The van der Waals surface area contributed by atoms with Crippen molar-refractivity contribution >= 4 is 17.6 Å². The molecule has 1 atom stereocenters. The number of carbonyl (C=O) groups is 2. The lowest BCUT2D eigenvalue weighted by Gasteiger charge is -2.25. The Kier molecular flexibility index (Phi) is 4.15. The summed E-state index contributed by atoms with van der Waals surface area (Å²) in [6.45, 7) is 0.797. The van der Waals surface area contributed by atoms with Crippen molar-refractivity contribution < 1.29 is 28.9 Å². The van der Waals surface area contributed by atoms with Crippen molar-refractivity contribution in [2.45, 2.75) is 25.4 Å². The Bertz CT molecular complexity index is 581. The first-order valence-corrected chi connectivity index (χ1v) is 7.19. The van der Waals surface area contributed by atoms with Crippen molar-refractivity contribution in [3.63, 3.8) is 0 Å². The predicted octanol–water partition coefficient (Wildman–Crippen LogP) is 1.40. The van der Waals surface area contributed by atoms with Gasteiger partial charge in [-0.3, -0.25) is 9.59 Å². The van der Waals surface area contributed by atoms with Gasteiger partial charge in [-0.1, -0.05) is 0 Å². The highest BCUT2D eigenvalue weighted by molar-refractivity contribution is 5.97. The molecule has 0 aliphatic carbocycles. The molecule has 0 bridgehead atoms. The number of nitrogens with zero attached hydrogens (tertiary/aromatic N) is 1. The molecule has 2 aliphatic heterocycles. The number of carboxylic acids is 1. The Balaban J connectivity index is 1.83. The number of fused-ring (bicyclic) bond motifs is 1. The fourth-order valence-electron chi connectivity index (χ4n) is 2.57. The summed E-state index contributed by atoms with van der Waals surface area (Å²) in [5, 5.41) is 8.90. The summed E-state index contributed by atoms with van der Waals surface area (Å²) >= 11 is 0. The van der Waals surface area contributed by atoms with Crippen molar-refractivity contribution in [1.82, 2.24) is 0 Å². The maximum Gasteiger partial charge on any atom is 0.305 e. The van der Waals surface area contributed by atoms with E-state index in [-0.39, 0.29) is 25.7 Å². The van der Waals surface area contributed by atoms with Crippen LogP contribution in [0.2, 0.25) is 0 Å². The lowest BCUT2D eigenvalue weighted by Crippen LogP contribution is -2.40. The highest BCUT2D eigenvalue weighted by Gasteiger charge is 2.30. The molecule has 0 aromatic heterocycles. The number of anilines is 1. The fraction of sp³-hybridized carbons (Fsp3) is 0.467. The Labute approximate surface area is 127 Å². The van der Waals surface area contributed by atoms with Crippen molar-refractivity contribution in [3.8, 4) is 11.5 Å². The Morgan fingerprint density at radius 1 is 1.27 bits per heavy atom. The first-order valence-electron chi connectivity index (χ1n) is 7.19. The minimum atomic E-state index is -0.953. The summed E-state index contributed by atoms with van der Waals surface area (Å²) in [6.07, 6.45) is 0.865. The molecular formula is C15H17NO6. The predicted molar refractivity (Wildman–Crippen MR) is 76.1 cm³/mol. The highest BCUT2D eigenvalue weighted by atomic mass is 16.7. The summed E-state index contributed by atoms with van der Waals surface area (Å²) in [7, 11) is 0. The van der Waals surface area contributed by atoms with Crippen molar-refractivity contribution in [3.05, 3.63) is 18.2 Å². The van der Waals surface area contributed by atoms with Crippen LogP contribution < -0.4 is 14.4 Å². The Morgan fingerprint density at radius 3 is 2.82 bits per heavy atom. The van der Waals surface area contributed by atoms with E-state index < -0.39 is 12.1 Å². The third-order valence-corrected chi connectivity index (χ3v) is 3.69. The second kappa shape index (κ2) is 6.23. The number of carboxylic acid groups (broad SMARTS) is 1. The third kappa shape index (κ3) is 2.99. The lowest BCUT2D eigenvalue weighted by molar-refractivity contribution is -0.136. The molecule has 0 radical (unpaired) electrons. The van der Waals surface area contributed by atoms with Gasteiger partial charge in [-0.15, -0.1) is 0 Å². The number of carbonyl (C=O) groups excluding carboxylic acids is 1. The van der Waals surface area contributed by atoms with Gasteiger partial charge in [-0.2, -0.15) is 0 Å². The van der Waals surface area contributed by atoms with E-state index in [4.69, 9.17) is 19.3 Å². The minimum Gasteiger partial charge on any atom is -0.481 e. The Morgan fingerprint density at radius 2 is 2.09 bits per heavy atom. The summed E-state index contributed by atoms with van der Waals surface area (Å²) < 4.78 is 16.0. The van der Waals surface area contributed by atoms with Gasteiger partial charge in [0.25, 0.3) is 5.91 Å². The molecule has 0 saturated carbocycles. The zero-order valence-electron chi connectivity index (χ0n) is 12.0. The van der Waals surface area contributed by atoms with E-state index in [1.165, 1.54) is 4.90 Å². The van der Waals surface area contributed by atoms with E-state index in [2.05, 4.69) is 0 Å². The number of benzene rings is 1. The standard InChI is InChI=1S/C15H17NO6/c17-14(18)5-6-16(15(19)12-2-1-7-20-12)10-3-4-11-13(8-10)22-9-21-11/h3-4,8,12H,1-2,5-7,9H2,(H,17,18). The van der Waals surface area contributed by atoms with Crippen LogP contribution in [0.15, 0.2) is 18.2 Å². The van der Waals surface area contributed by atoms with Gasteiger partial charge in [-0.25, -0.2) is 0 Å². The molecule has 1 aromatic carbocycles. The molecule has 7 heteroatoms. The first kappa shape index (κ1) is 14.6. The van der Waals surface area contributed by atoms with Crippen LogP contribution in [0.4, 0.5) is 5.69 Å². The number of ether oxygens (including phenoxy) is 3. The van der Waals surface area contributed by atoms with E-state index in [0.29, 0.717) is 30.2 Å². The minimum absolute atomic E-state index is 0.0909. The van der Waals surface area contributed by atoms with E-state index in [1.54, 1.807) is 18.2 Å². The topological polar surface area (TPSA) is 85.3 Å². The smallest absolute Gasteiger partial charge is 0.305 e. The summed E-state index contributed by atoms with van der Waals surface area (Å²) in [4.78, 5) is 24.9. The van der Waals surface area contributed by atoms with Crippen LogP contribution in [0, 0.1) is 0 Å². The van der Waals surface area contributed by atoms with Crippen LogP contribution in [0.1, 0.15) is 19.3 Å². The number of amides is 1. The van der Waals surface area contributed by atoms with Crippen molar-refractivity contribution in [1.29, 1.82) is 0 Å². The van der Waals surface area contributed by atoms with Crippen LogP contribution in [0.5, 0.6) is 11.5 Å². The zero-order valence-corrected chi connectivity index (χ0v) is 12.0. The van der Waals surface area contributed by atoms with Crippen molar-refractivity contribution in [2.24, 2.45) is 0 Å². The van der Waals surface area contributed by atoms with Crippen molar-refractivity contribution in [2.75, 3.05) is 24.8 Å². The molecule has 1 N–H and O–H groups in total. The monoisotopic (exact) mass is 307 g/mol. The molecule has 1 unspecified atom stereocenters. The molecule has 1 saturated heterocycles. The van der Waals surface area contributed by atoms with Gasteiger partial charge in [0.2, 0.25) is 6.79 Å². The average Bonchev–Trinajstić information content (AvgIpc) is 3.18. The third-order valence-electron chi connectivity index (χ3n) is 3.69. The highest BCUT2D eigenvalue weighted by Crippen LogP contribution is 2.36. The normalized spacial score (nSPS) is 19.2. The first-order chi connectivity index (χ1) is 10.6. The molecular weight excluding hydrogens is 290 g/mol. The maximum absolute atomic E-state index is 12.6. The molecule has 118 valence electrons. The maximum atomic E-state index is 12.6. The second-order valence-corrected chi connectivity index (χ2v) is 5.17. The Hall–Kier alpha value is -2.28. The molecule has 0 spiro atoms. The molecule has 1 aromatic rings. The quantitative estimate of drug-likeness (QED) is 0.885. The van der Waals surface area contributed by atoms with E-state index in [9.17, 15) is 9.59 Å². The molecule has 3 rings (SSSR count). The van der Waals surface area contributed by atoms with Gasteiger partial charge in [0, 0.05) is 24.9 Å². The average molecular weight is 307 g/mol. The molecule has 2 aliphatic rings. The second-order valence-electron chi connectivity index (χ2n) is 5.17. The zero-order chi connectivity index (χ0) is 15.5. The van der Waals surface area contributed by atoms with E-state index in [0.717, 1.165) is 6.42 Å². The van der Waals surface area contributed by atoms with E-state index >= 15 is 0 Å². The van der Waals surface area contributed by atoms with Gasteiger partial charge in [0.1, 0.15) is 6.10 Å². The van der Waals surface area contributed by atoms with Gasteiger partial charge >= 0.3 is 5.97 Å². The SMILES string of the molecule is O=C(O)CCN(C(=O)C1CCCO1)c1ccc2c(c1)OCO2. The van der Waals surface area contributed by atoms with Crippen LogP contribution in [0.3, 0.4) is 0 Å². The lowest BCUT2D eigenvalue weighted by atomic mass is 10.1.